The number of carbonyl (C=O) groups is 1. The van der Waals surface area contributed by atoms with Crippen molar-refractivity contribution in [1.82, 2.24) is 5.32 Å². The fraction of sp³-hybridized carbons (Fsp3) is 0.633. The lowest BCUT2D eigenvalue weighted by Crippen LogP contribution is -2.30. The van der Waals surface area contributed by atoms with Gasteiger partial charge in [0, 0.05) is 25.3 Å². The molecule has 1 heterocycles. The van der Waals surface area contributed by atoms with Gasteiger partial charge < -0.3 is 43.5 Å². The Hall–Kier alpha value is -2.43. The van der Waals surface area contributed by atoms with E-state index in [-0.39, 0.29) is 14.9 Å². The minimum atomic E-state index is -0.711. The van der Waals surface area contributed by atoms with Gasteiger partial charge in [0.15, 0.2) is 0 Å². The van der Waals surface area contributed by atoms with E-state index in [2.05, 4.69) is 41.8 Å². The Labute approximate surface area is 240 Å². The standard InChI is InChI=1S/C6H9N.C6H7N.C6H15N.C4H9NO.C3H7NO2.C3H9N.2CH4/c7-5-6-3-1-2-4-6;7-6-4-2-1-3-5-6;1-2-3-4-5-6-7;1-3-6-4-2-5-1;1-2-6-3(4)5;1-2-3-4;;/h1-3H,4-5,7H2;1-5H,7H2;2-7H2,1H3;5H,1-4H2;2H2,1H3,(H2,4,5);2-4H2,1H3;2*1H4. The predicted octanol–water partition coefficient (Wildman–Crippen LogP) is 4.96. The zero-order valence-corrected chi connectivity index (χ0v) is 23.6. The van der Waals surface area contributed by atoms with Crippen LogP contribution in [0.5, 0.6) is 0 Å². The van der Waals surface area contributed by atoms with Crippen molar-refractivity contribution in [2.24, 2.45) is 22.9 Å². The largest absolute Gasteiger partial charge is 0.450 e. The molecule has 0 aromatic heterocycles. The molecular formula is C30H64N6O3. The van der Waals surface area contributed by atoms with Gasteiger partial charge in [0.1, 0.15) is 0 Å². The Kier molecular flexibility index (Phi) is 50.8. The lowest BCUT2D eigenvalue weighted by atomic mass is 10.2. The van der Waals surface area contributed by atoms with E-state index in [9.17, 15) is 4.79 Å². The van der Waals surface area contributed by atoms with E-state index in [1.54, 1.807) is 6.92 Å². The van der Waals surface area contributed by atoms with Gasteiger partial charge in [-0.2, -0.15) is 0 Å². The van der Waals surface area contributed by atoms with Gasteiger partial charge in [-0.05, 0) is 51.4 Å². The number of hydrogen-bond acceptors (Lipinski definition) is 8. The van der Waals surface area contributed by atoms with Crippen molar-refractivity contribution in [3.8, 4) is 0 Å². The Morgan fingerprint density at radius 2 is 1.51 bits per heavy atom. The molecule has 1 aromatic rings. The molecule has 1 amide bonds. The first-order valence-corrected chi connectivity index (χ1v) is 13.4. The topological polar surface area (TPSA) is 178 Å². The summed E-state index contributed by atoms with van der Waals surface area (Å²) in [5.41, 5.74) is 27.7. The summed E-state index contributed by atoms with van der Waals surface area (Å²) < 4.78 is 9.19. The van der Waals surface area contributed by atoms with Crippen molar-refractivity contribution in [3.05, 3.63) is 54.1 Å². The Morgan fingerprint density at radius 3 is 1.72 bits per heavy atom. The minimum absolute atomic E-state index is 0. The van der Waals surface area contributed by atoms with Gasteiger partial charge in [-0.25, -0.2) is 4.79 Å². The number of nitrogens with two attached hydrogens (primary N) is 5. The normalized spacial score (nSPS) is 12.0. The molecule has 232 valence electrons. The highest BCUT2D eigenvalue weighted by Gasteiger charge is 1.93. The number of carbonyl (C=O) groups excluding carboxylic acids is 1. The van der Waals surface area contributed by atoms with E-state index in [1.165, 1.54) is 31.3 Å². The van der Waals surface area contributed by atoms with Crippen molar-refractivity contribution in [2.75, 3.05) is 58.3 Å². The number of ether oxygens (including phenoxy) is 2. The van der Waals surface area contributed by atoms with Gasteiger partial charge in [0.2, 0.25) is 0 Å². The SMILES string of the molecule is C.C.C1COCCN1.CCCCCCN.CCCN.CCOC(N)=O.NCC1=CC=CC1.Nc1ccccc1. The second-order valence-electron chi connectivity index (χ2n) is 7.82. The van der Waals surface area contributed by atoms with Gasteiger partial charge in [-0.15, -0.1) is 0 Å². The maximum atomic E-state index is 9.60. The van der Waals surface area contributed by atoms with Crippen molar-refractivity contribution in [2.45, 2.75) is 74.1 Å². The maximum Gasteiger partial charge on any atom is 0.404 e. The zero-order valence-electron chi connectivity index (χ0n) is 23.6. The summed E-state index contributed by atoms with van der Waals surface area (Å²) in [7, 11) is 0. The molecular weight excluding hydrogens is 492 g/mol. The number of morpholine rings is 1. The first kappa shape index (κ1) is 46.4. The van der Waals surface area contributed by atoms with E-state index in [0.717, 1.165) is 57.9 Å². The molecule has 9 heteroatoms. The third-order valence-electron chi connectivity index (χ3n) is 4.39. The first-order chi connectivity index (χ1) is 17.9. The predicted molar refractivity (Wildman–Crippen MR) is 173 cm³/mol. The molecule has 0 radical (unpaired) electrons. The Balaban J connectivity index is -0.000000118. The molecule has 0 saturated carbocycles. The molecule has 1 aliphatic heterocycles. The number of allylic oxidation sites excluding steroid dienone is 3. The molecule has 1 saturated heterocycles. The number of amides is 1. The van der Waals surface area contributed by atoms with E-state index in [1.807, 2.05) is 36.4 Å². The zero-order chi connectivity index (χ0) is 28.4. The van der Waals surface area contributed by atoms with E-state index >= 15 is 0 Å². The van der Waals surface area contributed by atoms with Gasteiger partial charge in [0.05, 0.1) is 19.8 Å². The molecule has 0 bridgehead atoms. The molecule has 2 aliphatic rings. The Bertz CT molecular complexity index is 607. The van der Waals surface area contributed by atoms with Crippen LogP contribution in [0.4, 0.5) is 10.5 Å². The smallest absolute Gasteiger partial charge is 0.404 e. The fourth-order valence-electron chi connectivity index (χ4n) is 2.33. The summed E-state index contributed by atoms with van der Waals surface area (Å²) >= 11 is 0. The minimum Gasteiger partial charge on any atom is -0.450 e. The average Bonchev–Trinajstić information content (AvgIpc) is 3.46. The number of primary amides is 1. The van der Waals surface area contributed by atoms with Crippen LogP contribution in [0.25, 0.3) is 0 Å². The van der Waals surface area contributed by atoms with Gasteiger partial charge in [0.25, 0.3) is 0 Å². The van der Waals surface area contributed by atoms with Crippen molar-refractivity contribution in [3.63, 3.8) is 0 Å². The molecule has 1 aliphatic carbocycles. The van der Waals surface area contributed by atoms with Crippen LogP contribution in [-0.2, 0) is 9.47 Å². The van der Waals surface area contributed by atoms with Crippen LogP contribution in [0.15, 0.2) is 54.1 Å². The van der Waals surface area contributed by atoms with Crippen LogP contribution in [0, 0.1) is 0 Å². The number of nitrogens with one attached hydrogen (secondary N) is 1. The average molecular weight is 557 g/mol. The van der Waals surface area contributed by atoms with Crippen LogP contribution in [0.3, 0.4) is 0 Å². The number of hydrogen-bond donors (Lipinski definition) is 6. The quantitative estimate of drug-likeness (QED) is 0.201. The van der Waals surface area contributed by atoms with E-state index in [4.69, 9.17) is 27.7 Å². The van der Waals surface area contributed by atoms with Crippen molar-refractivity contribution < 1.29 is 14.3 Å². The van der Waals surface area contributed by atoms with Crippen LogP contribution in [0.2, 0.25) is 0 Å². The third kappa shape index (κ3) is 49.1. The maximum absolute atomic E-state index is 9.60. The molecule has 11 N–H and O–H groups in total. The highest BCUT2D eigenvalue weighted by atomic mass is 16.5. The molecule has 1 aromatic carbocycles. The second kappa shape index (κ2) is 42.7. The summed E-state index contributed by atoms with van der Waals surface area (Å²) in [5.74, 6) is 0. The first-order valence-electron chi connectivity index (χ1n) is 13.4. The fourth-order valence-corrected chi connectivity index (χ4v) is 2.33. The molecule has 0 unspecified atom stereocenters. The van der Waals surface area contributed by atoms with Crippen LogP contribution in [-0.4, -0.2) is 58.6 Å². The van der Waals surface area contributed by atoms with Crippen molar-refractivity contribution in [1.29, 1.82) is 0 Å². The molecule has 0 atom stereocenters. The number of rotatable bonds is 7. The van der Waals surface area contributed by atoms with Gasteiger partial charge in [-0.3, -0.25) is 0 Å². The molecule has 0 spiro atoms. The lowest BCUT2D eigenvalue weighted by Gasteiger charge is -2.10. The highest BCUT2D eigenvalue weighted by Crippen LogP contribution is 2.06. The Morgan fingerprint density at radius 1 is 0.923 bits per heavy atom. The summed E-state index contributed by atoms with van der Waals surface area (Å²) in [6.45, 7) is 12.5. The second-order valence-corrected chi connectivity index (χ2v) is 7.82. The summed E-state index contributed by atoms with van der Waals surface area (Å²) in [5, 5.41) is 3.16. The van der Waals surface area contributed by atoms with Gasteiger partial charge in [-0.1, -0.05) is 90.0 Å². The number of unbranched alkanes of at least 4 members (excludes halogenated alkanes) is 3. The molecule has 3 rings (SSSR count). The van der Waals surface area contributed by atoms with E-state index in [0.29, 0.717) is 13.2 Å². The van der Waals surface area contributed by atoms with Crippen LogP contribution in [0.1, 0.15) is 74.1 Å². The van der Waals surface area contributed by atoms with Crippen LogP contribution >= 0.6 is 0 Å². The number of nitrogen functional groups attached to an aromatic ring is 1. The van der Waals surface area contributed by atoms with Crippen LogP contribution < -0.4 is 34.0 Å². The number of anilines is 1. The lowest BCUT2D eigenvalue weighted by molar-refractivity contribution is 0.109. The molecule has 1 fully saturated rings. The number of benzene rings is 1. The van der Waals surface area contributed by atoms with Crippen molar-refractivity contribution >= 4 is 11.8 Å². The summed E-state index contributed by atoms with van der Waals surface area (Å²) in [6.07, 6.45) is 12.8. The summed E-state index contributed by atoms with van der Waals surface area (Å²) in [6, 6.07) is 9.49. The highest BCUT2D eigenvalue weighted by molar-refractivity contribution is 5.64. The van der Waals surface area contributed by atoms with E-state index < -0.39 is 6.09 Å². The third-order valence-corrected chi connectivity index (χ3v) is 4.39. The monoisotopic (exact) mass is 557 g/mol. The van der Waals surface area contributed by atoms with Gasteiger partial charge >= 0.3 is 6.09 Å². The summed E-state index contributed by atoms with van der Waals surface area (Å²) in [4.78, 5) is 9.60. The molecule has 39 heavy (non-hydrogen) atoms. The number of para-hydroxylation sites is 1. The molecule has 9 nitrogen and oxygen atoms in total.